The summed E-state index contributed by atoms with van der Waals surface area (Å²) in [6.07, 6.45) is 2.46. The number of ether oxygens (including phenoxy) is 1. The molecule has 3 aliphatic rings. The molecule has 0 aromatic carbocycles. The van der Waals surface area contributed by atoms with Gasteiger partial charge >= 0.3 is 5.97 Å². The molecule has 0 amide bonds. The molecule has 3 heteroatoms. The lowest BCUT2D eigenvalue weighted by Gasteiger charge is -2.61. The fraction of sp³-hybridized carbons (Fsp3) is 0.917. The summed E-state index contributed by atoms with van der Waals surface area (Å²) in [5.74, 6) is 2.57. The maximum Gasteiger partial charge on any atom is 0.302 e. The van der Waals surface area contributed by atoms with Crippen molar-refractivity contribution in [2.75, 3.05) is 5.75 Å². The van der Waals surface area contributed by atoms with Gasteiger partial charge in [0.1, 0.15) is 6.10 Å². The van der Waals surface area contributed by atoms with Crippen LogP contribution in [0.5, 0.6) is 0 Å². The van der Waals surface area contributed by atoms with Crippen molar-refractivity contribution in [3.63, 3.8) is 0 Å². The summed E-state index contributed by atoms with van der Waals surface area (Å²) in [4.78, 5) is 11.0. The number of fused-ring (bicyclic) bond motifs is 2. The monoisotopic (exact) mass is 228 g/mol. The lowest BCUT2D eigenvalue weighted by atomic mass is 9.45. The highest BCUT2D eigenvalue weighted by atomic mass is 32.1. The average molecular weight is 228 g/mol. The Hall–Kier alpha value is -0.180. The second-order valence-electron chi connectivity index (χ2n) is 5.59. The molecule has 0 aromatic heterocycles. The van der Waals surface area contributed by atoms with Crippen LogP contribution in [0.1, 0.15) is 33.6 Å². The average Bonchev–Trinajstić information content (AvgIpc) is 2.16. The van der Waals surface area contributed by atoms with Crippen LogP contribution < -0.4 is 0 Å². The minimum Gasteiger partial charge on any atom is -0.462 e. The van der Waals surface area contributed by atoms with Gasteiger partial charge in [-0.2, -0.15) is 12.6 Å². The Bertz CT molecular complexity index is 275. The van der Waals surface area contributed by atoms with Gasteiger partial charge in [-0.1, -0.05) is 13.8 Å². The Kier molecular flexibility index (Phi) is 2.78. The highest BCUT2D eigenvalue weighted by Crippen LogP contribution is 2.61. The van der Waals surface area contributed by atoms with Crippen molar-refractivity contribution < 1.29 is 9.53 Å². The molecule has 0 aromatic rings. The topological polar surface area (TPSA) is 26.3 Å². The summed E-state index contributed by atoms with van der Waals surface area (Å²) in [6, 6.07) is 0. The summed E-state index contributed by atoms with van der Waals surface area (Å²) >= 11 is 4.42. The van der Waals surface area contributed by atoms with Gasteiger partial charge in [-0.25, -0.2) is 0 Å². The molecule has 0 unspecified atom stereocenters. The largest absolute Gasteiger partial charge is 0.462 e. The third kappa shape index (κ3) is 1.69. The molecule has 4 atom stereocenters. The van der Waals surface area contributed by atoms with E-state index in [0.29, 0.717) is 17.3 Å². The van der Waals surface area contributed by atoms with Gasteiger partial charge in [-0.3, -0.25) is 4.79 Å². The number of esters is 1. The van der Waals surface area contributed by atoms with E-state index in [-0.39, 0.29) is 12.1 Å². The van der Waals surface area contributed by atoms with Crippen LogP contribution >= 0.6 is 12.6 Å². The second kappa shape index (κ2) is 3.69. The van der Waals surface area contributed by atoms with Gasteiger partial charge in [0, 0.05) is 12.8 Å². The lowest BCUT2D eigenvalue weighted by Crippen LogP contribution is -2.58. The van der Waals surface area contributed by atoms with Crippen molar-refractivity contribution in [3.8, 4) is 0 Å². The van der Waals surface area contributed by atoms with E-state index in [4.69, 9.17) is 4.74 Å². The SMILES string of the molecule is CC(=O)O[C@H]1C[C@H]2C[C@@H]([C@@H]1CS)C2(C)C. The Balaban J connectivity index is 2.09. The van der Waals surface area contributed by atoms with Gasteiger partial charge in [0.15, 0.2) is 0 Å². The molecule has 0 heterocycles. The fourth-order valence-electron chi connectivity index (χ4n) is 3.49. The van der Waals surface area contributed by atoms with Crippen molar-refractivity contribution in [1.82, 2.24) is 0 Å². The number of carbonyl (C=O) groups is 1. The van der Waals surface area contributed by atoms with Crippen molar-refractivity contribution >= 4 is 18.6 Å². The van der Waals surface area contributed by atoms with Crippen LogP contribution in [0.4, 0.5) is 0 Å². The zero-order valence-electron chi connectivity index (χ0n) is 9.69. The number of rotatable bonds is 2. The first-order valence-electron chi connectivity index (χ1n) is 5.75. The molecule has 3 aliphatic carbocycles. The first-order valence-corrected chi connectivity index (χ1v) is 6.38. The molecule has 0 spiro atoms. The molecule has 0 aliphatic heterocycles. The van der Waals surface area contributed by atoms with Crippen LogP contribution in [0.25, 0.3) is 0 Å². The molecule has 3 fully saturated rings. The molecule has 2 bridgehead atoms. The number of carbonyl (C=O) groups excluding carboxylic acids is 1. The van der Waals surface area contributed by atoms with E-state index in [2.05, 4.69) is 26.5 Å². The van der Waals surface area contributed by atoms with E-state index in [0.717, 1.165) is 18.1 Å². The molecule has 15 heavy (non-hydrogen) atoms. The van der Waals surface area contributed by atoms with Crippen LogP contribution in [0.15, 0.2) is 0 Å². The summed E-state index contributed by atoms with van der Waals surface area (Å²) in [5.41, 5.74) is 0.435. The predicted octanol–water partition coefficient (Wildman–Crippen LogP) is 2.53. The predicted molar refractivity (Wildman–Crippen MR) is 62.9 cm³/mol. The summed E-state index contributed by atoms with van der Waals surface area (Å²) in [7, 11) is 0. The second-order valence-corrected chi connectivity index (χ2v) is 5.96. The van der Waals surface area contributed by atoms with Gasteiger partial charge in [0.25, 0.3) is 0 Å². The van der Waals surface area contributed by atoms with E-state index in [1.807, 2.05) is 0 Å². The van der Waals surface area contributed by atoms with Gasteiger partial charge in [0.2, 0.25) is 0 Å². The van der Waals surface area contributed by atoms with Crippen molar-refractivity contribution in [1.29, 1.82) is 0 Å². The van der Waals surface area contributed by atoms with E-state index in [1.54, 1.807) is 0 Å². The van der Waals surface area contributed by atoms with Crippen molar-refractivity contribution in [2.45, 2.75) is 39.7 Å². The van der Waals surface area contributed by atoms with Crippen molar-refractivity contribution in [3.05, 3.63) is 0 Å². The number of hydrogen-bond acceptors (Lipinski definition) is 3. The van der Waals surface area contributed by atoms with Crippen molar-refractivity contribution in [2.24, 2.45) is 23.2 Å². The Morgan fingerprint density at radius 3 is 2.60 bits per heavy atom. The van der Waals surface area contributed by atoms with E-state index in [1.165, 1.54) is 13.3 Å². The Morgan fingerprint density at radius 2 is 2.13 bits per heavy atom. The molecule has 0 saturated heterocycles. The first-order chi connectivity index (χ1) is 6.96. The fourth-order valence-corrected chi connectivity index (χ4v) is 3.98. The molecule has 0 radical (unpaired) electrons. The van der Waals surface area contributed by atoms with Gasteiger partial charge in [0.05, 0.1) is 0 Å². The quantitative estimate of drug-likeness (QED) is 0.580. The maximum absolute atomic E-state index is 11.0. The summed E-state index contributed by atoms with van der Waals surface area (Å²) in [5, 5.41) is 0. The van der Waals surface area contributed by atoms with E-state index in [9.17, 15) is 4.79 Å². The normalized spacial score (nSPS) is 41.9. The smallest absolute Gasteiger partial charge is 0.302 e. The zero-order chi connectivity index (χ0) is 11.2. The minimum absolute atomic E-state index is 0.122. The third-order valence-corrected chi connectivity index (χ3v) is 5.01. The van der Waals surface area contributed by atoms with Crippen LogP contribution in [0.3, 0.4) is 0 Å². The van der Waals surface area contributed by atoms with E-state index >= 15 is 0 Å². The zero-order valence-corrected chi connectivity index (χ0v) is 10.6. The molecule has 3 saturated carbocycles. The van der Waals surface area contributed by atoms with Gasteiger partial charge in [-0.15, -0.1) is 0 Å². The maximum atomic E-state index is 11.0. The molecule has 2 nitrogen and oxygen atoms in total. The summed E-state index contributed by atoms with van der Waals surface area (Å²) < 4.78 is 5.40. The molecular weight excluding hydrogens is 208 g/mol. The van der Waals surface area contributed by atoms with E-state index < -0.39 is 0 Å². The third-order valence-electron chi connectivity index (χ3n) is 4.59. The molecule has 0 N–H and O–H groups in total. The number of thiol groups is 1. The summed E-state index contributed by atoms with van der Waals surface area (Å²) in [6.45, 7) is 6.18. The van der Waals surface area contributed by atoms with Crippen LogP contribution in [-0.2, 0) is 9.53 Å². The Morgan fingerprint density at radius 1 is 1.47 bits per heavy atom. The highest BCUT2D eigenvalue weighted by molar-refractivity contribution is 7.80. The van der Waals surface area contributed by atoms with Gasteiger partial charge in [-0.05, 0) is 35.8 Å². The Labute approximate surface area is 97.2 Å². The molecular formula is C12H20O2S. The van der Waals surface area contributed by atoms with Gasteiger partial charge < -0.3 is 4.74 Å². The number of hydrogen-bond donors (Lipinski definition) is 1. The van der Waals surface area contributed by atoms with Crippen LogP contribution in [-0.4, -0.2) is 17.8 Å². The standard InChI is InChI=1S/C12H20O2S/c1-7(13)14-11-5-8-4-10(9(11)6-15)12(8,2)3/h8-11,15H,4-6H2,1-3H3/t8-,9+,10+,11+/m1/s1. The molecule has 3 rings (SSSR count). The van der Waals surface area contributed by atoms with Crippen LogP contribution in [0.2, 0.25) is 0 Å². The minimum atomic E-state index is -0.147. The van der Waals surface area contributed by atoms with Crippen LogP contribution in [0, 0.1) is 23.2 Å². The highest BCUT2D eigenvalue weighted by Gasteiger charge is 2.58. The molecule has 86 valence electrons. The lowest BCUT2D eigenvalue weighted by molar-refractivity contribution is -0.183. The first kappa shape index (κ1) is 11.3.